The van der Waals surface area contributed by atoms with Crippen molar-refractivity contribution in [3.05, 3.63) is 53.6 Å². The van der Waals surface area contributed by atoms with E-state index in [1.807, 2.05) is 24.3 Å². The zero-order chi connectivity index (χ0) is 14.8. The van der Waals surface area contributed by atoms with Crippen LogP contribution in [0.2, 0.25) is 0 Å². The largest absolute Gasteiger partial charge is 0.497 e. The molecule has 0 aliphatic carbocycles. The first-order chi connectivity index (χ1) is 10.2. The van der Waals surface area contributed by atoms with Crippen molar-refractivity contribution in [1.29, 1.82) is 0 Å². The minimum absolute atomic E-state index is 0.0950. The van der Waals surface area contributed by atoms with E-state index in [-0.39, 0.29) is 11.7 Å². The summed E-state index contributed by atoms with van der Waals surface area (Å²) in [4.78, 5) is 12.6. The van der Waals surface area contributed by atoms with Gasteiger partial charge in [0.2, 0.25) is 0 Å². The number of hydrogen-bond donors (Lipinski definition) is 1. The number of Topliss-reactive ketones (excluding diaryl/α,β-unsaturated/α-hetero) is 1. The van der Waals surface area contributed by atoms with Crippen LogP contribution in [-0.4, -0.2) is 19.5 Å². The van der Waals surface area contributed by atoms with E-state index in [9.17, 15) is 4.79 Å². The molecule has 2 aromatic rings. The minimum Gasteiger partial charge on any atom is -0.497 e. The third kappa shape index (κ3) is 2.70. The van der Waals surface area contributed by atoms with Gasteiger partial charge in [-0.15, -0.1) is 0 Å². The first-order valence-electron chi connectivity index (χ1n) is 6.87. The van der Waals surface area contributed by atoms with Crippen LogP contribution in [0.15, 0.2) is 42.5 Å². The van der Waals surface area contributed by atoms with Crippen LogP contribution in [-0.2, 0) is 6.42 Å². The van der Waals surface area contributed by atoms with Crippen molar-refractivity contribution in [2.24, 2.45) is 5.92 Å². The second-order valence-electron chi connectivity index (χ2n) is 5.18. The maximum Gasteiger partial charge on any atom is 0.173 e. The molecule has 1 unspecified atom stereocenters. The molecule has 1 aliphatic heterocycles. The quantitative estimate of drug-likeness (QED) is 0.880. The lowest BCUT2D eigenvalue weighted by atomic mass is 9.89. The van der Waals surface area contributed by atoms with Gasteiger partial charge in [-0.25, -0.2) is 0 Å². The highest BCUT2D eigenvalue weighted by Gasteiger charge is 2.29. The van der Waals surface area contributed by atoms with Crippen LogP contribution >= 0.6 is 0 Å². The summed E-state index contributed by atoms with van der Waals surface area (Å²) in [6, 6.07) is 12.9. The van der Waals surface area contributed by atoms with Gasteiger partial charge in [0.1, 0.15) is 11.5 Å². The van der Waals surface area contributed by atoms with E-state index >= 15 is 0 Å². The SMILES string of the molecule is COc1ccc2c(c1)C(=O)C(Cc1cccc(N)c1)CO2. The number of ether oxygens (including phenoxy) is 2. The first kappa shape index (κ1) is 13.5. The number of nitrogen functional groups attached to an aromatic ring is 1. The van der Waals surface area contributed by atoms with Crippen LogP contribution in [0.5, 0.6) is 11.5 Å². The molecule has 0 aromatic heterocycles. The van der Waals surface area contributed by atoms with Gasteiger partial charge >= 0.3 is 0 Å². The summed E-state index contributed by atoms with van der Waals surface area (Å²) in [6.07, 6.45) is 0.626. The van der Waals surface area contributed by atoms with Gasteiger partial charge in [0.25, 0.3) is 0 Å². The normalized spacial score (nSPS) is 17.0. The molecule has 108 valence electrons. The van der Waals surface area contributed by atoms with Gasteiger partial charge in [-0.2, -0.15) is 0 Å². The Morgan fingerprint density at radius 1 is 1.29 bits per heavy atom. The Morgan fingerprint density at radius 2 is 2.14 bits per heavy atom. The van der Waals surface area contributed by atoms with Crippen molar-refractivity contribution >= 4 is 11.5 Å². The molecule has 0 amide bonds. The number of rotatable bonds is 3. The fourth-order valence-corrected chi connectivity index (χ4v) is 2.60. The molecule has 2 aromatic carbocycles. The molecule has 1 atom stereocenters. The molecular weight excluding hydrogens is 266 g/mol. The Kier molecular flexibility index (Phi) is 3.52. The number of carbonyl (C=O) groups excluding carboxylic acids is 1. The molecule has 1 heterocycles. The predicted molar refractivity (Wildman–Crippen MR) is 80.9 cm³/mol. The Balaban J connectivity index is 1.84. The zero-order valence-corrected chi connectivity index (χ0v) is 11.8. The summed E-state index contributed by atoms with van der Waals surface area (Å²) >= 11 is 0. The Bertz CT molecular complexity index is 681. The van der Waals surface area contributed by atoms with E-state index in [0.29, 0.717) is 35.8 Å². The topological polar surface area (TPSA) is 61.5 Å². The molecule has 0 spiro atoms. The third-order valence-electron chi connectivity index (χ3n) is 3.70. The van der Waals surface area contributed by atoms with Gasteiger partial charge in [0, 0.05) is 5.69 Å². The van der Waals surface area contributed by atoms with Crippen LogP contribution in [0.25, 0.3) is 0 Å². The summed E-state index contributed by atoms with van der Waals surface area (Å²) in [5.74, 6) is 1.20. The molecule has 21 heavy (non-hydrogen) atoms. The maximum atomic E-state index is 12.6. The fourth-order valence-electron chi connectivity index (χ4n) is 2.60. The number of nitrogens with two attached hydrogens (primary N) is 1. The molecule has 2 N–H and O–H groups in total. The molecule has 0 saturated carbocycles. The number of fused-ring (bicyclic) bond motifs is 1. The van der Waals surface area contributed by atoms with Gasteiger partial charge in [-0.3, -0.25) is 4.79 Å². The molecule has 3 rings (SSSR count). The lowest BCUT2D eigenvalue weighted by molar-refractivity contribution is 0.0830. The second kappa shape index (κ2) is 5.48. The lowest BCUT2D eigenvalue weighted by Gasteiger charge is -2.24. The van der Waals surface area contributed by atoms with E-state index in [1.54, 1.807) is 25.3 Å². The minimum atomic E-state index is -0.189. The van der Waals surface area contributed by atoms with Crippen molar-refractivity contribution < 1.29 is 14.3 Å². The van der Waals surface area contributed by atoms with Crippen LogP contribution in [0.1, 0.15) is 15.9 Å². The van der Waals surface area contributed by atoms with Crippen molar-refractivity contribution in [3.8, 4) is 11.5 Å². The van der Waals surface area contributed by atoms with Crippen molar-refractivity contribution in [2.45, 2.75) is 6.42 Å². The van der Waals surface area contributed by atoms with Crippen molar-refractivity contribution in [3.63, 3.8) is 0 Å². The Hall–Kier alpha value is -2.49. The summed E-state index contributed by atoms with van der Waals surface area (Å²) < 4.78 is 10.9. The molecule has 0 radical (unpaired) electrons. The molecule has 4 heteroatoms. The summed E-state index contributed by atoms with van der Waals surface area (Å²) in [5.41, 5.74) is 8.12. The molecular formula is C17H17NO3. The first-order valence-corrected chi connectivity index (χ1v) is 6.87. The van der Waals surface area contributed by atoms with Crippen LogP contribution in [0.4, 0.5) is 5.69 Å². The smallest absolute Gasteiger partial charge is 0.173 e. The van der Waals surface area contributed by atoms with E-state index in [2.05, 4.69) is 0 Å². The number of benzene rings is 2. The number of anilines is 1. The summed E-state index contributed by atoms with van der Waals surface area (Å²) in [5, 5.41) is 0. The van der Waals surface area contributed by atoms with E-state index in [4.69, 9.17) is 15.2 Å². The molecule has 0 saturated heterocycles. The number of hydrogen-bond acceptors (Lipinski definition) is 4. The molecule has 1 aliphatic rings. The summed E-state index contributed by atoms with van der Waals surface area (Å²) in [6.45, 7) is 0.396. The highest BCUT2D eigenvalue weighted by molar-refractivity contribution is 6.01. The van der Waals surface area contributed by atoms with E-state index < -0.39 is 0 Å². The van der Waals surface area contributed by atoms with Gasteiger partial charge in [0.05, 0.1) is 25.2 Å². The fraction of sp³-hybridized carbons (Fsp3) is 0.235. The molecule has 0 fully saturated rings. The number of methoxy groups -OCH3 is 1. The summed E-state index contributed by atoms with van der Waals surface area (Å²) in [7, 11) is 1.58. The number of ketones is 1. The monoisotopic (exact) mass is 283 g/mol. The van der Waals surface area contributed by atoms with E-state index in [1.165, 1.54) is 0 Å². The second-order valence-corrected chi connectivity index (χ2v) is 5.18. The highest BCUT2D eigenvalue weighted by Crippen LogP contribution is 2.32. The third-order valence-corrected chi connectivity index (χ3v) is 3.70. The zero-order valence-electron chi connectivity index (χ0n) is 11.8. The van der Waals surface area contributed by atoms with Crippen LogP contribution < -0.4 is 15.2 Å². The predicted octanol–water partition coefficient (Wildman–Crippen LogP) is 2.71. The average Bonchev–Trinajstić information content (AvgIpc) is 2.50. The lowest BCUT2D eigenvalue weighted by Crippen LogP contribution is -2.29. The standard InChI is InChI=1S/C17H17NO3/c1-20-14-5-6-16-15(9-14)17(19)12(10-21-16)7-11-3-2-4-13(18)8-11/h2-6,8-9,12H,7,10,18H2,1H3. The average molecular weight is 283 g/mol. The maximum absolute atomic E-state index is 12.6. The van der Waals surface area contributed by atoms with Crippen molar-refractivity contribution in [2.75, 3.05) is 19.5 Å². The van der Waals surface area contributed by atoms with Gasteiger partial charge < -0.3 is 15.2 Å². The van der Waals surface area contributed by atoms with Crippen LogP contribution in [0, 0.1) is 5.92 Å². The van der Waals surface area contributed by atoms with Gasteiger partial charge in [-0.05, 0) is 42.3 Å². The van der Waals surface area contributed by atoms with Crippen LogP contribution in [0.3, 0.4) is 0 Å². The highest BCUT2D eigenvalue weighted by atomic mass is 16.5. The Labute approximate surface area is 123 Å². The van der Waals surface area contributed by atoms with Crippen molar-refractivity contribution in [1.82, 2.24) is 0 Å². The Morgan fingerprint density at radius 3 is 2.90 bits per heavy atom. The molecule has 4 nitrogen and oxygen atoms in total. The van der Waals surface area contributed by atoms with Gasteiger partial charge in [0.15, 0.2) is 5.78 Å². The van der Waals surface area contributed by atoms with Gasteiger partial charge in [-0.1, -0.05) is 12.1 Å². The number of carbonyl (C=O) groups is 1. The molecule has 0 bridgehead atoms. The van der Waals surface area contributed by atoms with E-state index in [0.717, 1.165) is 5.56 Å².